The molecule has 0 aliphatic carbocycles. The molecule has 0 spiro atoms. The minimum absolute atomic E-state index is 0. The van der Waals surface area contributed by atoms with Crippen molar-refractivity contribution in [2.45, 2.75) is 43.7 Å². The van der Waals surface area contributed by atoms with Crippen LogP contribution in [0.3, 0.4) is 0 Å². The molecule has 1 aromatic carbocycles. The second-order valence-electron chi connectivity index (χ2n) is 6.64. The predicted octanol–water partition coefficient (Wildman–Crippen LogP) is 4.85. The van der Waals surface area contributed by atoms with Crippen molar-refractivity contribution in [2.75, 3.05) is 32.6 Å². The van der Waals surface area contributed by atoms with Crippen molar-refractivity contribution in [2.24, 2.45) is 4.99 Å². The van der Waals surface area contributed by atoms with Gasteiger partial charge in [0, 0.05) is 31.6 Å². The van der Waals surface area contributed by atoms with Crippen LogP contribution in [0.1, 0.15) is 43.9 Å². The van der Waals surface area contributed by atoms with Gasteiger partial charge in [-0.3, -0.25) is 4.99 Å². The number of thioether (sulfide) groups is 1. The number of aliphatic imine (C=N–C) groups is 1. The third kappa shape index (κ3) is 7.29. The molecule has 2 N–H and O–H groups in total. The molecule has 28 heavy (non-hydrogen) atoms. The molecular formula is C19H29F3IN3OS. The largest absolute Gasteiger partial charge is 0.416 e. The van der Waals surface area contributed by atoms with Crippen LogP contribution in [0.4, 0.5) is 13.2 Å². The van der Waals surface area contributed by atoms with Crippen LogP contribution >= 0.6 is 35.7 Å². The molecule has 1 aliphatic rings. The lowest BCUT2D eigenvalue weighted by atomic mass is 9.99. The number of ether oxygens (including phenoxy) is 1. The van der Waals surface area contributed by atoms with E-state index in [1.165, 1.54) is 12.1 Å². The highest BCUT2D eigenvalue weighted by Crippen LogP contribution is 2.35. The van der Waals surface area contributed by atoms with Gasteiger partial charge in [-0.2, -0.15) is 24.9 Å². The maximum Gasteiger partial charge on any atom is 0.416 e. The summed E-state index contributed by atoms with van der Waals surface area (Å²) in [6, 6.07) is 5.08. The Bertz CT molecular complexity index is 632. The number of alkyl halides is 3. The molecule has 0 amide bonds. The highest BCUT2D eigenvalue weighted by molar-refractivity contribution is 14.0. The van der Waals surface area contributed by atoms with Gasteiger partial charge in [-0.05, 0) is 43.2 Å². The first-order chi connectivity index (χ1) is 12.8. The van der Waals surface area contributed by atoms with E-state index in [2.05, 4.69) is 22.5 Å². The summed E-state index contributed by atoms with van der Waals surface area (Å²) in [6.07, 6.45) is -2.40. The molecule has 1 aromatic rings. The predicted molar refractivity (Wildman–Crippen MR) is 121 cm³/mol. The first-order valence-corrected chi connectivity index (χ1v) is 10.1. The Kier molecular flexibility index (Phi) is 10.4. The monoisotopic (exact) mass is 531 g/mol. The van der Waals surface area contributed by atoms with E-state index >= 15 is 0 Å². The fraction of sp³-hybridized carbons (Fsp3) is 0.632. The van der Waals surface area contributed by atoms with Crippen LogP contribution in [-0.4, -0.2) is 43.3 Å². The summed E-state index contributed by atoms with van der Waals surface area (Å²) in [5, 5.41) is 6.54. The minimum atomic E-state index is -4.34. The molecule has 1 unspecified atom stereocenters. The van der Waals surface area contributed by atoms with Crippen molar-refractivity contribution in [3.8, 4) is 0 Å². The van der Waals surface area contributed by atoms with Gasteiger partial charge in [0.2, 0.25) is 0 Å². The zero-order chi connectivity index (χ0) is 19.9. The van der Waals surface area contributed by atoms with E-state index in [1.54, 1.807) is 13.1 Å². The quantitative estimate of drug-likeness (QED) is 0.313. The molecule has 1 heterocycles. The third-order valence-corrected chi connectivity index (χ3v) is 6.18. The summed E-state index contributed by atoms with van der Waals surface area (Å²) in [4.78, 5) is 4.23. The number of guanidine groups is 1. The lowest BCUT2D eigenvalue weighted by Gasteiger charge is -2.37. The standard InChI is InChI=1S/C19H28F3N3OS.HI/c1-4-27-18(8-10-26-11-9-18)13-24-17(23-3)25-14(2)15-6-5-7-16(12-15)19(20,21)22;/h5-7,12,14H,4,8-11,13H2,1-3H3,(H2,23,24,25);1H. The Hall–Kier alpha value is -0.680. The topological polar surface area (TPSA) is 45.7 Å². The van der Waals surface area contributed by atoms with Crippen molar-refractivity contribution >= 4 is 41.7 Å². The van der Waals surface area contributed by atoms with Gasteiger partial charge in [0.25, 0.3) is 0 Å². The van der Waals surface area contributed by atoms with E-state index in [9.17, 15) is 13.2 Å². The molecule has 0 saturated carbocycles. The number of nitrogens with zero attached hydrogens (tertiary/aromatic N) is 1. The number of rotatable bonds is 6. The van der Waals surface area contributed by atoms with Crippen molar-refractivity contribution in [1.82, 2.24) is 10.6 Å². The van der Waals surface area contributed by atoms with Crippen molar-refractivity contribution in [1.29, 1.82) is 0 Å². The molecule has 0 bridgehead atoms. The van der Waals surface area contributed by atoms with Crippen LogP contribution in [0.5, 0.6) is 0 Å². The third-order valence-electron chi connectivity index (χ3n) is 4.72. The van der Waals surface area contributed by atoms with Crippen LogP contribution in [0.2, 0.25) is 0 Å². The maximum absolute atomic E-state index is 12.9. The molecule has 1 saturated heterocycles. The van der Waals surface area contributed by atoms with Gasteiger partial charge < -0.3 is 15.4 Å². The Labute approximate surface area is 186 Å². The molecule has 9 heteroatoms. The zero-order valence-electron chi connectivity index (χ0n) is 16.4. The van der Waals surface area contributed by atoms with Crippen molar-refractivity contribution in [3.05, 3.63) is 35.4 Å². The van der Waals surface area contributed by atoms with Gasteiger partial charge in [0.15, 0.2) is 5.96 Å². The van der Waals surface area contributed by atoms with Gasteiger partial charge in [0.05, 0.1) is 11.6 Å². The molecule has 1 atom stereocenters. The Morgan fingerprint density at radius 1 is 1.32 bits per heavy atom. The fourth-order valence-corrected chi connectivity index (χ4v) is 4.38. The second kappa shape index (κ2) is 11.5. The number of hydrogen-bond acceptors (Lipinski definition) is 3. The molecule has 0 aromatic heterocycles. The summed E-state index contributed by atoms with van der Waals surface area (Å²) < 4.78 is 44.4. The Balaban J connectivity index is 0.00000392. The van der Waals surface area contributed by atoms with E-state index < -0.39 is 11.7 Å². The fourth-order valence-electron chi connectivity index (χ4n) is 3.13. The molecule has 160 valence electrons. The highest BCUT2D eigenvalue weighted by Gasteiger charge is 2.33. The van der Waals surface area contributed by atoms with Crippen LogP contribution in [0, 0.1) is 0 Å². The van der Waals surface area contributed by atoms with Gasteiger partial charge in [-0.1, -0.05) is 19.1 Å². The Morgan fingerprint density at radius 3 is 2.57 bits per heavy atom. The molecule has 0 radical (unpaired) electrons. The van der Waals surface area contributed by atoms with Crippen LogP contribution in [0.15, 0.2) is 29.3 Å². The normalized spacial score (nSPS) is 18.1. The summed E-state index contributed by atoms with van der Waals surface area (Å²) in [6.45, 7) is 6.21. The van der Waals surface area contributed by atoms with E-state index in [1.807, 2.05) is 18.7 Å². The lowest BCUT2D eigenvalue weighted by Crippen LogP contribution is -2.48. The molecule has 1 fully saturated rings. The second-order valence-corrected chi connectivity index (χ2v) is 8.38. The summed E-state index contributed by atoms with van der Waals surface area (Å²) in [7, 11) is 1.66. The molecule has 4 nitrogen and oxygen atoms in total. The van der Waals surface area contributed by atoms with Gasteiger partial charge in [0.1, 0.15) is 0 Å². The van der Waals surface area contributed by atoms with Crippen molar-refractivity contribution < 1.29 is 17.9 Å². The lowest BCUT2D eigenvalue weighted by molar-refractivity contribution is -0.137. The first kappa shape index (κ1) is 25.4. The van der Waals surface area contributed by atoms with E-state index in [-0.39, 0.29) is 34.8 Å². The minimum Gasteiger partial charge on any atom is -0.381 e. The first-order valence-electron chi connectivity index (χ1n) is 9.16. The molecule has 2 rings (SSSR count). The number of benzene rings is 1. The number of hydrogen-bond donors (Lipinski definition) is 2. The summed E-state index contributed by atoms with van der Waals surface area (Å²) in [5.41, 5.74) is -0.0754. The van der Waals surface area contributed by atoms with Gasteiger partial charge >= 0.3 is 6.18 Å². The number of halogens is 4. The Morgan fingerprint density at radius 2 is 2.00 bits per heavy atom. The molecule has 1 aliphatic heterocycles. The highest BCUT2D eigenvalue weighted by atomic mass is 127. The van der Waals surface area contributed by atoms with Gasteiger partial charge in [-0.15, -0.1) is 24.0 Å². The van der Waals surface area contributed by atoms with Gasteiger partial charge in [-0.25, -0.2) is 0 Å². The zero-order valence-corrected chi connectivity index (χ0v) is 19.6. The maximum atomic E-state index is 12.9. The van der Waals surface area contributed by atoms with Crippen LogP contribution < -0.4 is 10.6 Å². The van der Waals surface area contributed by atoms with Crippen LogP contribution in [-0.2, 0) is 10.9 Å². The van der Waals surface area contributed by atoms with Crippen LogP contribution in [0.25, 0.3) is 0 Å². The average molecular weight is 531 g/mol. The van der Waals surface area contributed by atoms with E-state index in [4.69, 9.17) is 4.74 Å². The van der Waals surface area contributed by atoms with E-state index in [0.717, 1.165) is 44.4 Å². The number of nitrogens with one attached hydrogen (secondary N) is 2. The summed E-state index contributed by atoms with van der Waals surface area (Å²) in [5.74, 6) is 1.61. The van der Waals surface area contributed by atoms with E-state index in [0.29, 0.717) is 11.5 Å². The average Bonchev–Trinajstić information content (AvgIpc) is 2.65. The smallest absolute Gasteiger partial charge is 0.381 e. The summed E-state index contributed by atoms with van der Waals surface area (Å²) >= 11 is 1.92. The van der Waals surface area contributed by atoms with Crippen molar-refractivity contribution in [3.63, 3.8) is 0 Å². The molecular weight excluding hydrogens is 502 g/mol. The SMILES string of the molecule is CCSC1(CNC(=NC)NC(C)c2cccc(C(F)(F)F)c2)CCOCC1.I.